The summed E-state index contributed by atoms with van der Waals surface area (Å²) >= 11 is 0. The fraction of sp³-hybridized carbons (Fsp3) is 0.333. The van der Waals surface area contributed by atoms with Gasteiger partial charge in [-0.25, -0.2) is 0 Å². The summed E-state index contributed by atoms with van der Waals surface area (Å²) in [6.07, 6.45) is -3.36. The standard InChI is InChI=1S/C12H12F3NO/c13-12(14,15)4-6-16-5-3-10-2-1-9(8-17)7-11(10)16/h1-3,5,7,17H,4,6,8H2. The zero-order valence-corrected chi connectivity index (χ0v) is 9.04. The van der Waals surface area contributed by atoms with Gasteiger partial charge in [0.05, 0.1) is 13.0 Å². The van der Waals surface area contributed by atoms with E-state index in [1.54, 1.807) is 35.0 Å². The van der Waals surface area contributed by atoms with Gasteiger partial charge in [0.25, 0.3) is 0 Å². The molecule has 1 N–H and O–H groups in total. The molecule has 1 aromatic heterocycles. The van der Waals surface area contributed by atoms with E-state index in [0.29, 0.717) is 5.56 Å². The second-order valence-electron chi connectivity index (χ2n) is 3.93. The normalized spacial score (nSPS) is 12.2. The second-order valence-corrected chi connectivity index (χ2v) is 3.93. The van der Waals surface area contributed by atoms with Crippen molar-refractivity contribution in [3.05, 3.63) is 36.0 Å². The van der Waals surface area contributed by atoms with Crippen molar-refractivity contribution in [1.82, 2.24) is 4.57 Å². The predicted octanol–water partition coefficient (Wildman–Crippen LogP) is 3.09. The van der Waals surface area contributed by atoms with E-state index in [-0.39, 0.29) is 13.2 Å². The van der Waals surface area contributed by atoms with Crippen LogP contribution in [0.15, 0.2) is 30.5 Å². The van der Waals surface area contributed by atoms with Crippen molar-refractivity contribution in [3.8, 4) is 0 Å². The zero-order chi connectivity index (χ0) is 12.5. The van der Waals surface area contributed by atoms with Gasteiger partial charge in [-0.2, -0.15) is 13.2 Å². The molecular formula is C12H12F3NO. The molecule has 5 heteroatoms. The van der Waals surface area contributed by atoms with E-state index in [2.05, 4.69) is 0 Å². The first-order valence-corrected chi connectivity index (χ1v) is 5.25. The van der Waals surface area contributed by atoms with Crippen LogP contribution in [0, 0.1) is 0 Å². The molecule has 0 amide bonds. The number of halogens is 3. The van der Waals surface area contributed by atoms with Crippen LogP contribution in [0.3, 0.4) is 0 Å². The Morgan fingerprint density at radius 3 is 2.59 bits per heavy atom. The summed E-state index contributed by atoms with van der Waals surface area (Å²) in [7, 11) is 0. The van der Waals surface area contributed by atoms with Gasteiger partial charge < -0.3 is 9.67 Å². The van der Waals surface area contributed by atoms with Crippen molar-refractivity contribution >= 4 is 10.9 Å². The Morgan fingerprint density at radius 2 is 1.94 bits per heavy atom. The molecule has 0 unspecified atom stereocenters. The number of alkyl halides is 3. The van der Waals surface area contributed by atoms with E-state index in [1.165, 1.54) is 0 Å². The van der Waals surface area contributed by atoms with Gasteiger partial charge in [-0.15, -0.1) is 0 Å². The third-order valence-electron chi connectivity index (χ3n) is 2.66. The largest absolute Gasteiger partial charge is 0.392 e. The molecule has 0 atom stereocenters. The molecule has 0 aliphatic heterocycles. The van der Waals surface area contributed by atoms with Gasteiger partial charge in [0.2, 0.25) is 0 Å². The van der Waals surface area contributed by atoms with Crippen LogP contribution in [0.1, 0.15) is 12.0 Å². The number of nitrogens with zero attached hydrogens (tertiary/aromatic N) is 1. The number of hydrogen-bond acceptors (Lipinski definition) is 1. The van der Waals surface area contributed by atoms with Crippen LogP contribution in [0.4, 0.5) is 13.2 Å². The van der Waals surface area contributed by atoms with Crippen molar-refractivity contribution in [1.29, 1.82) is 0 Å². The van der Waals surface area contributed by atoms with E-state index in [4.69, 9.17) is 5.11 Å². The Morgan fingerprint density at radius 1 is 1.18 bits per heavy atom. The molecule has 0 fully saturated rings. The fourth-order valence-corrected chi connectivity index (χ4v) is 1.77. The number of aryl methyl sites for hydroxylation is 1. The Balaban J connectivity index is 2.28. The molecule has 17 heavy (non-hydrogen) atoms. The van der Waals surface area contributed by atoms with Gasteiger partial charge >= 0.3 is 6.18 Å². The van der Waals surface area contributed by atoms with E-state index in [0.717, 1.165) is 10.9 Å². The smallest absolute Gasteiger partial charge is 0.390 e. The topological polar surface area (TPSA) is 25.2 Å². The lowest BCUT2D eigenvalue weighted by Gasteiger charge is -2.09. The molecule has 0 aliphatic carbocycles. The fourth-order valence-electron chi connectivity index (χ4n) is 1.77. The second kappa shape index (κ2) is 4.41. The number of benzene rings is 1. The Kier molecular flexibility index (Phi) is 3.11. The van der Waals surface area contributed by atoms with Gasteiger partial charge in [0, 0.05) is 18.3 Å². The molecule has 0 radical (unpaired) electrons. The number of rotatable bonds is 3. The van der Waals surface area contributed by atoms with Crippen LogP contribution in [0.2, 0.25) is 0 Å². The number of aliphatic hydroxyl groups excluding tert-OH is 1. The average molecular weight is 243 g/mol. The van der Waals surface area contributed by atoms with E-state index in [1.807, 2.05) is 0 Å². The van der Waals surface area contributed by atoms with Gasteiger partial charge in [-0.05, 0) is 23.1 Å². The highest BCUT2D eigenvalue weighted by molar-refractivity contribution is 5.80. The summed E-state index contributed by atoms with van der Waals surface area (Å²) in [5.41, 5.74) is 1.42. The molecule has 2 aromatic rings. The highest BCUT2D eigenvalue weighted by Crippen LogP contribution is 2.23. The molecule has 0 aliphatic rings. The first-order valence-electron chi connectivity index (χ1n) is 5.25. The van der Waals surface area contributed by atoms with Crippen LogP contribution in [0.5, 0.6) is 0 Å². The molecule has 1 heterocycles. The number of hydrogen-bond donors (Lipinski definition) is 1. The molecule has 0 saturated heterocycles. The molecule has 0 bridgehead atoms. The lowest BCUT2D eigenvalue weighted by atomic mass is 10.2. The van der Waals surface area contributed by atoms with Crippen LogP contribution >= 0.6 is 0 Å². The van der Waals surface area contributed by atoms with Crippen LogP contribution in [-0.4, -0.2) is 15.8 Å². The number of aliphatic hydroxyl groups is 1. The lowest BCUT2D eigenvalue weighted by Crippen LogP contribution is -2.11. The maximum Gasteiger partial charge on any atom is 0.390 e. The SMILES string of the molecule is OCc1ccc2ccn(CCC(F)(F)F)c2c1. The van der Waals surface area contributed by atoms with Gasteiger partial charge in [-0.3, -0.25) is 0 Å². The summed E-state index contributed by atoms with van der Waals surface area (Å²) in [5, 5.41) is 9.87. The summed E-state index contributed by atoms with van der Waals surface area (Å²) < 4.78 is 38.0. The van der Waals surface area contributed by atoms with E-state index >= 15 is 0 Å². The van der Waals surface area contributed by atoms with Crippen molar-refractivity contribution in [2.75, 3.05) is 0 Å². The summed E-state index contributed by atoms with van der Waals surface area (Å²) in [4.78, 5) is 0. The summed E-state index contributed by atoms with van der Waals surface area (Å²) in [6.45, 7) is -0.206. The molecule has 92 valence electrons. The van der Waals surface area contributed by atoms with Crippen LogP contribution in [-0.2, 0) is 13.2 Å². The maximum atomic E-state index is 12.1. The maximum absolute atomic E-state index is 12.1. The Labute approximate surface area is 96.3 Å². The molecule has 2 nitrogen and oxygen atoms in total. The van der Waals surface area contributed by atoms with Gasteiger partial charge in [0.1, 0.15) is 0 Å². The van der Waals surface area contributed by atoms with Crippen molar-refractivity contribution < 1.29 is 18.3 Å². The molecule has 0 saturated carbocycles. The van der Waals surface area contributed by atoms with Gasteiger partial charge in [0.15, 0.2) is 0 Å². The van der Waals surface area contributed by atoms with E-state index < -0.39 is 12.6 Å². The average Bonchev–Trinajstić information content (AvgIpc) is 2.67. The molecule has 2 rings (SSSR count). The van der Waals surface area contributed by atoms with E-state index in [9.17, 15) is 13.2 Å². The predicted molar refractivity (Wildman–Crippen MR) is 58.5 cm³/mol. The monoisotopic (exact) mass is 243 g/mol. The summed E-state index contributed by atoms with van der Waals surface area (Å²) in [6, 6.07) is 7.04. The molecular weight excluding hydrogens is 231 g/mol. The van der Waals surface area contributed by atoms with Crippen molar-refractivity contribution in [2.24, 2.45) is 0 Å². The first-order chi connectivity index (χ1) is 7.99. The summed E-state index contributed by atoms with van der Waals surface area (Å²) in [5.74, 6) is 0. The first kappa shape index (κ1) is 12.0. The molecule has 0 spiro atoms. The molecule has 1 aromatic carbocycles. The highest BCUT2D eigenvalue weighted by Gasteiger charge is 2.26. The minimum absolute atomic E-state index is 0.0954. The van der Waals surface area contributed by atoms with Crippen LogP contribution < -0.4 is 0 Å². The van der Waals surface area contributed by atoms with Gasteiger partial charge in [-0.1, -0.05) is 12.1 Å². The van der Waals surface area contributed by atoms with Crippen molar-refractivity contribution in [2.45, 2.75) is 25.7 Å². The third-order valence-corrected chi connectivity index (χ3v) is 2.66. The number of aromatic nitrogens is 1. The van der Waals surface area contributed by atoms with Crippen LogP contribution in [0.25, 0.3) is 10.9 Å². The quantitative estimate of drug-likeness (QED) is 0.880. The third kappa shape index (κ3) is 2.79. The Bertz CT molecular complexity index is 516. The minimum Gasteiger partial charge on any atom is -0.392 e. The highest BCUT2D eigenvalue weighted by atomic mass is 19.4. The lowest BCUT2D eigenvalue weighted by molar-refractivity contribution is -0.136. The van der Waals surface area contributed by atoms with Crippen molar-refractivity contribution in [3.63, 3.8) is 0 Å². The minimum atomic E-state index is -4.15. The Hall–Kier alpha value is -1.49. The number of fused-ring (bicyclic) bond motifs is 1. The zero-order valence-electron chi connectivity index (χ0n) is 9.04.